The largest absolute Gasteiger partial charge is 0.226 e. The molecule has 0 amide bonds. The van der Waals surface area contributed by atoms with Crippen LogP contribution in [0.25, 0.3) is 0 Å². The van der Waals surface area contributed by atoms with E-state index < -0.39 is 0 Å². The van der Waals surface area contributed by atoms with Crippen molar-refractivity contribution in [3.05, 3.63) is 52.6 Å². The highest BCUT2D eigenvalue weighted by atomic mass is 15.1. The van der Waals surface area contributed by atoms with Gasteiger partial charge in [0.2, 0.25) is 5.82 Å². The van der Waals surface area contributed by atoms with E-state index in [1.165, 1.54) is 30.4 Å². The Balaban J connectivity index is 1.96. The van der Waals surface area contributed by atoms with Crippen LogP contribution in [0.2, 0.25) is 0 Å². The van der Waals surface area contributed by atoms with Crippen LogP contribution < -0.4 is 0 Å². The van der Waals surface area contributed by atoms with Gasteiger partial charge in [-0.05, 0) is 55.7 Å². The molecule has 0 bridgehead atoms. The Kier molecular flexibility index (Phi) is 3.24. The average molecular weight is 249 g/mol. The number of aromatic nitrogens is 3. The number of hydrogen-bond acceptors (Lipinski definition) is 3. The Morgan fingerprint density at radius 3 is 2.89 bits per heavy atom. The topological polar surface area (TPSA) is 38.7 Å². The quantitative estimate of drug-likeness (QED) is 0.673. The molecule has 1 aliphatic rings. The van der Waals surface area contributed by atoms with Crippen molar-refractivity contribution >= 4 is 0 Å². The Hall–Kier alpha value is -2.21. The average Bonchev–Trinajstić information content (AvgIpc) is 2.45. The lowest BCUT2D eigenvalue weighted by Gasteiger charge is -2.16. The summed E-state index contributed by atoms with van der Waals surface area (Å²) >= 11 is 0. The molecule has 0 radical (unpaired) electrons. The SMILES string of the molecule is Cc1cnnc(C#Cc2cccc3c2CCCC3)n1. The van der Waals surface area contributed by atoms with Crippen LogP contribution in [-0.2, 0) is 12.8 Å². The van der Waals surface area contributed by atoms with E-state index in [9.17, 15) is 0 Å². The van der Waals surface area contributed by atoms with Crippen molar-refractivity contribution in [2.45, 2.75) is 32.6 Å². The van der Waals surface area contributed by atoms with Gasteiger partial charge in [0.15, 0.2) is 0 Å². The van der Waals surface area contributed by atoms with Crippen molar-refractivity contribution in [2.24, 2.45) is 0 Å². The van der Waals surface area contributed by atoms with E-state index in [2.05, 4.69) is 45.2 Å². The summed E-state index contributed by atoms with van der Waals surface area (Å²) in [5.74, 6) is 6.71. The van der Waals surface area contributed by atoms with Crippen LogP contribution in [0.1, 0.15) is 41.1 Å². The molecule has 0 aliphatic heterocycles. The summed E-state index contributed by atoms with van der Waals surface area (Å²) in [5.41, 5.74) is 4.81. The minimum atomic E-state index is 0.494. The monoisotopic (exact) mass is 249 g/mol. The molecule has 19 heavy (non-hydrogen) atoms. The summed E-state index contributed by atoms with van der Waals surface area (Å²) in [6, 6.07) is 6.38. The third-order valence-corrected chi connectivity index (χ3v) is 3.38. The van der Waals surface area contributed by atoms with Gasteiger partial charge in [0.1, 0.15) is 0 Å². The molecule has 1 aromatic heterocycles. The van der Waals surface area contributed by atoms with Crippen molar-refractivity contribution in [1.29, 1.82) is 0 Å². The van der Waals surface area contributed by atoms with Crippen LogP contribution in [0, 0.1) is 18.8 Å². The van der Waals surface area contributed by atoms with Crippen molar-refractivity contribution in [1.82, 2.24) is 15.2 Å². The number of hydrogen-bond donors (Lipinski definition) is 0. The first-order valence-electron chi connectivity index (χ1n) is 6.62. The lowest BCUT2D eigenvalue weighted by Crippen LogP contribution is -2.04. The van der Waals surface area contributed by atoms with Gasteiger partial charge in [-0.2, -0.15) is 5.10 Å². The van der Waals surface area contributed by atoms with Gasteiger partial charge in [-0.1, -0.05) is 18.1 Å². The minimum absolute atomic E-state index is 0.494. The predicted molar refractivity (Wildman–Crippen MR) is 73.6 cm³/mol. The lowest BCUT2D eigenvalue weighted by atomic mass is 9.88. The second kappa shape index (κ2) is 5.19. The Morgan fingerprint density at radius 2 is 2.00 bits per heavy atom. The van der Waals surface area contributed by atoms with Crippen molar-refractivity contribution in [2.75, 3.05) is 0 Å². The molecule has 0 N–H and O–H groups in total. The van der Waals surface area contributed by atoms with Crippen LogP contribution >= 0.6 is 0 Å². The lowest BCUT2D eigenvalue weighted by molar-refractivity contribution is 0.684. The second-order valence-electron chi connectivity index (χ2n) is 4.82. The normalized spacial score (nSPS) is 13.3. The molecule has 0 saturated carbocycles. The van der Waals surface area contributed by atoms with Crippen LogP contribution in [0.15, 0.2) is 24.4 Å². The smallest absolute Gasteiger partial charge is 0.223 e. The fourth-order valence-corrected chi connectivity index (χ4v) is 2.46. The molecule has 0 unspecified atom stereocenters. The third kappa shape index (κ3) is 2.63. The fraction of sp³-hybridized carbons (Fsp3) is 0.312. The Bertz CT molecular complexity index is 665. The molecule has 0 atom stereocenters. The van der Waals surface area contributed by atoms with Crippen molar-refractivity contribution in [3.8, 4) is 11.8 Å². The molecule has 1 aromatic carbocycles. The van der Waals surface area contributed by atoms with Gasteiger partial charge in [0, 0.05) is 5.56 Å². The van der Waals surface area contributed by atoms with Gasteiger partial charge in [-0.25, -0.2) is 4.98 Å². The molecular weight excluding hydrogens is 234 g/mol. The number of aryl methyl sites for hydroxylation is 2. The molecule has 3 heteroatoms. The number of fused-ring (bicyclic) bond motifs is 1. The maximum absolute atomic E-state index is 4.25. The molecule has 0 saturated heterocycles. The number of rotatable bonds is 0. The summed E-state index contributed by atoms with van der Waals surface area (Å²) in [4.78, 5) is 4.25. The summed E-state index contributed by atoms with van der Waals surface area (Å²) < 4.78 is 0. The predicted octanol–water partition coefficient (Wildman–Crippen LogP) is 2.46. The first kappa shape index (κ1) is 11.9. The van der Waals surface area contributed by atoms with Crippen molar-refractivity contribution in [3.63, 3.8) is 0 Å². The third-order valence-electron chi connectivity index (χ3n) is 3.38. The van der Waals surface area contributed by atoms with E-state index in [1.807, 2.05) is 6.92 Å². The van der Waals surface area contributed by atoms with Gasteiger partial charge in [-0.3, -0.25) is 0 Å². The number of nitrogens with zero attached hydrogens (tertiary/aromatic N) is 3. The summed E-state index contributed by atoms with van der Waals surface area (Å²) in [6.45, 7) is 1.89. The maximum Gasteiger partial charge on any atom is 0.226 e. The first-order valence-corrected chi connectivity index (χ1v) is 6.62. The summed E-state index contributed by atoms with van der Waals surface area (Å²) in [5, 5.41) is 7.80. The van der Waals surface area contributed by atoms with Gasteiger partial charge < -0.3 is 0 Å². The van der Waals surface area contributed by atoms with Crippen LogP contribution in [-0.4, -0.2) is 15.2 Å². The highest BCUT2D eigenvalue weighted by Crippen LogP contribution is 2.23. The highest BCUT2D eigenvalue weighted by molar-refractivity contribution is 5.48. The molecular formula is C16H15N3. The fourth-order valence-electron chi connectivity index (χ4n) is 2.46. The van der Waals surface area contributed by atoms with Gasteiger partial charge in [-0.15, -0.1) is 5.10 Å². The molecule has 0 fully saturated rings. The molecule has 94 valence electrons. The Labute approximate surface area is 113 Å². The second-order valence-corrected chi connectivity index (χ2v) is 4.82. The minimum Gasteiger partial charge on any atom is -0.223 e. The van der Waals surface area contributed by atoms with E-state index in [0.29, 0.717) is 5.82 Å². The van der Waals surface area contributed by atoms with E-state index in [4.69, 9.17) is 0 Å². The molecule has 3 rings (SSSR count). The summed E-state index contributed by atoms with van der Waals surface area (Å²) in [6.07, 6.45) is 6.49. The molecule has 2 aromatic rings. The van der Waals surface area contributed by atoms with E-state index in [-0.39, 0.29) is 0 Å². The molecule has 0 spiro atoms. The Morgan fingerprint density at radius 1 is 1.11 bits per heavy atom. The zero-order chi connectivity index (χ0) is 13.1. The van der Waals surface area contributed by atoms with Crippen molar-refractivity contribution < 1.29 is 0 Å². The zero-order valence-corrected chi connectivity index (χ0v) is 11.0. The molecule has 3 nitrogen and oxygen atoms in total. The van der Waals surface area contributed by atoms with Gasteiger partial charge in [0.05, 0.1) is 11.9 Å². The van der Waals surface area contributed by atoms with E-state index in [1.54, 1.807) is 6.20 Å². The van der Waals surface area contributed by atoms with Crippen LogP contribution in [0.3, 0.4) is 0 Å². The van der Waals surface area contributed by atoms with Gasteiger partial charge in [0.25, 0.3) is 0 Å². The summed E-state index contributed by atoms with van der Waals surface area (Å²) in [7, 11) is 0. The standard InChI is InChI=1S/C16H15N3/c1-12-11-17-19-16(18-12)10-9-14-7-4-6-13-5-2-3-8-15(13)14/h4,6-7,11H,2-3,5,8H2,1H3. The molecule has 1 heterocycles. The zero-order valence-electron chi connectivity index (χ0n) is 11.0. The highest BCUT2D eigenvalue weighted by Gasteiger charge is 2.11. The van der Waals surface area contributed by atoms with E-state index in [0.717, 1.165) is 17.7 Å². The van der Waals surface area contributed by atoms with Crippen LogP contribution in [0.4, 0.5) is 0 Å². The van der Waals surface area contributed by atoms with E-state index >= 15 is 0 Å². The molecule has 1 aliphatic carbocycles. The maximum atomic E-state index is 4.25. The first-order chi connectivity index (χ1) is 9.33. The number of benzene rings is 1. The van der Waals surface area contributed by atoms with Crippen LogP contribution in [0.5, 0.6) is 0 Å². The van der Waals surface area contributed by atoms with Gasteiger partial charge >= 0.3 is 0 Å².